The van der Waals surface area contributed by atoms with E-state index in [0.29, 0.717) is 41.3 Å². The number of amides is 2. The van der Waals surface area contributed by atoms with E-state index < -0.39 is 4.92 Å². The summed E-state index contributed by atoms with van der Waals surface area (Å²) in [5.41, 5.74) is 0.634. The molecule has 2 aromatic carbocycles. The SMILES string of the molecule is CN1CCN(C(=O)c2cc(Br)cc([N+](=O)[O-])c2N[C@@H]2CCCC[C@@H]2NC(=O)c2cc(=O)[nH]c3ccccc23)CC1. The van der Waals surface area contributed by atoms with Gasteiger partial charge in [-0.05, 0) is 32.0 Å². The van der Waals surface area contributed by atoms with E-state index in [9.17, 15) is 24.5 Å². The first-order valence-corrected chi connectivity index (χ1v) is 14.2. The van der Waals surface area contributed by atoms with Crippen LogP contribution in [0.3, 0.4) is 0 Å². The minimum absolute atomic E-state index is 0.157. The van der Waals surface area contributed by atoms with Crippen molar-refractivity contribution in [2.24, 2.45) is 0 Å². The smallest absolute Gasteiger partial charge is 0.294 e. The summed E-state index contributed by atoms with van der Waals surface area (Å²) in [5.74, 6) is -0.661. The van der Waals surface area contributed by atoms with Crippen molar-refractivity contribution in [1.82, 2.24) is 20.1 Å². The maximum absolute atomic E-state index is 13.6. The highest BCUT2D eigenvalue weighted by Gasteiger charge is 2.33. The number of nitrogens with one attached hydrogen (secondary N) is 3. The zero-order valence-electron chi connectivity index (χ0n) is 22.1. The lowest BCUT2D eigenvalue weighted by Gasteiger charge is -2.35. The number of hydrogen-bond donors (Lipinski definition) is 3. The van der Waals surface area contributed by atoms with E-state index in [1.807, 2.05) is 7.05 Å². The number of rotatable bonds is 6. The van der Waals surface area contributed by atoms with Crippen LogP contribution in [-0.4, -0.2) is 76.8 Å². The van der Waals surface area contributed by atoms with E-state index in [0.717, 1.165) is 25.9 Å². The number of anilines is 1. The van der Waals surface area contributed by atoms with Crippen molar-refractivity contribution in [1.29, 1.82) is 0 Å². The van der Waals surface area contributed by atoms with E-state index in [1.54, 1.807) is 35.2 Å². The van der Waals surface area contributed by atoms with Crippen LogP contribution in [0, 0.1) is 10.1 Å². The molecule has 1 aromatic heterocycles. The van der Waals surface area contributed by atoms with Crippen molar-refractivity contribution >= 4 is 50.0 Å². The van der Waals surface area contributed by atoms with Crippen molar-refractivity contribution < 1.29 is 14.5 Å². The summed E-state index contributed by atoms with van der Waals surface area (Å²) >= 11 is 3.34. The fraction of sp³-hybridized carbons (Fsp3) is 0.393. The number of pyridine rings is 1. The standard InChI is InChI=1S/C28H31BrN6O5/c1-33-10-12-34(13-11-33)28(38)20-14-17(29)15-24(35(39)40)26(20)31-22-8-4-5-9-23(22)32-27(37)19-16-25(36)30-21-7-3-2-6-18(19)21/h2-3,6-7,14-16,22-23,31H,4-5,8-13H2,1H3,(H,30,36)(H,32,37)/t22-,23+/m1/s1. The maximum Gasteiger partial charge on any atom is 0.294 e. The second-order valence-corrected chi connectivity index (χ2v) is 11.3. The fourth-order valence-electron chi connectivity index (χ4n) is 5.54. The average molecular weight is 611 g/mol. The van der Waals surface area contributed by atoms with E-state index in [-0.39, 0.29) is 52.0 Å². The molecule has 0 radical (unpaired) electrons. The molecule has 5 rings (SSSR count). The molecule has 1 saturated carbocycles. The Kier molecular flexibility index (Phi) is 8.17. The normalized spacial score (nSPS) is 19.8. The number of carbonyl (C=O) groups excluding carboxylic acids is 2. The van der Waals surface area contributed by atoms with Gasteiger partial charge in [0.2, 0.25) is 5.56 Å². The Hall–Kier alpha value is -3.77. The van der Waals surface area contributed by atoms with Gasteiger partial charge in [0.1, 0.15) is 5.69 Å². The van der Waals surface area contributed by atoms with Crippen molar-refractivity contribution in [2.45, 2.75) is 37.8 Å². The number of aromatic amines is 1. The van der Waals surface area contributed by atoms with Gasteiger partial charge in [0.05, 0.1) is 16.1 Å². The third-order valence-electron chi connectivity index (χ3n) is 7.71. The predicted octanol–water partition coefficient (Wildman–Crippen LogP) is 3.74. The quantitative estimate of drug-likeness (QED) is 0.285. The number of halogens is 1. The number of aromatic nitrogens is 1. The monoisotopic (exact) mass is 610 g/mol. The summed E-state index contributed by atoms with van der Waals surface area (Å²) in [5, 5.41) is 19.1. The Morgan fingerprint density at radius 2 is 1.73 bits per heavy atom. The van der Waals surface area contributed by atoms with Crippen molar-refractivity contribution in [3.63, 3.8) is 0 Å². The summed E-state index contributed by atoms with van der Waals surface area (Å²) < 4.78 is 0.442. The van der Waals surface area contributed by atoms with Gasteiger partial charge in [0, 0.05) is 65.8 Å². The lowest BCUT2D eigenvalue weighted by molar-refractivity contribution is -0.384. The number of nitrogens with zero attached hydrogens (tertiary/aromatic N) is 3. The molecule has 0 bridgehead atoms. The number of likely N-dealkylation sites (N-methyl/N-ethyl adjacent to an activating group) is 1. The van der Waals surface area contributed by atoms with Crippen LogP contribution >= 0.6 is 15.9 Å². The predicted molar refractivity (Wildman–Crippen MR) is 156 cm³/mol. The number of hydrogen-bond acceptors (Lipinski definition) is 7. The lowest BCUT2D eigenvalue weighted by Crippen LogP contribution is -2.49. The molecule has 3 N–H and O–H groups in total. The van der Waals surface area contributed by atoms with Gasteiger partial charge in [-0.1, -0.05) is 47.0 Å². The second kappa shape index (κ2) is 11.8. The van der Waals surface area contributed by atoms with Crippen LogP contribution in [0.15, 0.2) is 51.7 Å². The van der Waals surface area contributed by atoms with E-state index in [2.05, 4.69) is 36.4 Å². The first kappa shape index (κ1) is 27.8. The van der Waals surface area contributed by atoms with Crippen LogP contribution in [0.4, 0.5) is 11.4 Å². The highest BCUT2D eigenvalue weighted by molar-refractivity contribution is 9.10. The molecule has 40 heavy (non-hydrogen) atoms. The third kappa shape index (κ3) is 5.87. The molecule has 11 nitrogen and oxygen atoms in total. The van der Waals surface area contributed by atoms with Crippen LogP contribution in [-0.2, 0) is 0 Å². The minimum atomic E-state index is -0.493. The Bertz CT molecular complexity index is 1520. The molecule has 2 amide bonds. The molecule has 0 unspecified atom stereocenters. The van der Waals surface area contributed by atoms with E-state index in [4.69, 9.17) is 0 Å². The zero-order chi connectivity index (χ0) is 28.4. The number of nitro groups is 1. The van der Waals surface area contributed by atoms with Crippen molar-refractivity contribution in [3.8, 4) is 0 Å². The molecule has 2 fully saturated rings. The van der Waals surface area contributed by atoms with Gasteiger partial charge in [-0.15, -0.1) is 0 Å². The molecular weight excluding hydrogens is 580 g/mol. The van der Waals surface area contributed by atoms with Crippen LogP contribution in [0.1, 0.15) is 46.4 Å². The molecule has 0 spiro atoms. The summed E-state index contributed by atoms with van der Waals surface area (Å²) in [6.07, 6.45) is 3.03. The molecule has 1 aliphatic heterocycles. The summed E-state index contributed by atoms with van der Waals surface area (Å²) in [6, 6.07) is 10.7. The number of nitro benzene ring substituents is 1. The molecule has 12 heteroatoms. The first-order chi connectivity index (χ1) is 19.2. The molecule has 2 heterocycles. The highest BCUT2D eigenvalue weighted by atomic mass is 79.9. The van der Waals surface area contributed by atoms with Gasteiger partial charge in [0.15, 0.2) is 0 Å². The summed E-state index contributed by atoms with van der Waals surface area (Å²) in [6.45, 7) is 2.50. The molecule has 1 saturated heterocycles. The van der Waals surface area contributed by atoms with E-state index >= 15 is 0 Å². The lowest BCUT2D eigenvalue weighted by atomic mass is 9.89. The number of piperazine rings is 1. The number of benzene rings is 2. The second-order valence-electron chi connectivity index (χ2n) is 10.4. The summed E-state index contributed by atoms with van der Waals surface area (Å²) in [4.78, 5) is 57.5. The van der Waals surface area contributed by atoms with Crippen LogP contribution < -0.4 is 16.2 Å². The molecule has 2 aliphatic rings. The Balaban J connectivity index is 1.45. The van der Waals surface area contributed by atoms with Crippen molar-refractivity contribution in [2.75, 3.05) is 38.5 Å². The molecule has 1 aliphatic carbocycles. The van der Waals surface area contributed by atoms with Gasteiger partial charge >= 0.3 is 0 Å². The molecule has 210 valence electrons. The van der Waals surface area contributed by atoms with Gasteiger partial charge in [-0.3, -0.25) is 24.5 Å². The molecule has 3 aromatic rings. The van der Waals surface area contributed by atoms with Crippen LogP contribution in [0.2, 0.25) is 0 Å². The van der Waals surface area contributed by atoms with Gasteiger partial charge in [-0.2, -0.15) is 0 Å². The minimum Gasteiger partial charge on any atom is -0.374 e. The fourth-order valence-corrected chi connectivity index (χ4v) is 5.98. The maximum atomic E-state index is 13.6. The number of H-pyrrole nitrogens is 1. The highest BCUT2D eigenvalue weighted by Crippen LogP contribution is 2.36. The van der Waals surface area contributed by atoms with E-state index in [1.165, 1.54) is 12.1 Å². The number of fused-ring (bicyclic) bond motifs is 1. The Labute approximate surface area is 239 Å². The Morgan fingerprint density at radius 3 is 2.45 bits per heavy atom. The summed E-state index contributed by atoms with van der Waals surface area (Å²) in [7, 11) is 1.99. The Morgan fingerprint density at radius 1 is 1.02 bits per heavy atom. The number of para-hydroxylation sites is 1. The third-order valence-corrected chi connectivity index (χ3v) is 8.17. The van der Waals surface area contributed by atoms with Crippen molar-refractivity contribution in [3.05, 3.63) is 78.5 Å². The molecule has 2 atom stereocenters. The largest absolute Gasteiger partial charge is 0.374 e. The van der Waals surface area contributed by atoms with Gasteiger partial charge in [-0.25, -0.2) is 0 Å². The average Bonchev–Trinajstić information content (AvgIpc) is 2.94. The zero-order valence-corrected chi connectivity index (χ0v) is 23.7. The van der Waals surface area contributed by atoms with Gasteiger partial charge in [0.25, 0.3) is 17.5 Å². The number of carbonyl (C=O) groups is 2. The topological polar surface area (TPSA) is 141 Å². The van der Waals surface area contributed by atoms with Gasteiger partial charge < -0.3 is 25.4 Å². The van der Waals surface area contributed by atoms with Crippen LogP contribution in [0.5, 0.6) is 0 Å². The van der Waals surface area contributed by atoms with Crippen LogP contribution in [0.25, 0.3) is 10.9 Å². The molecular formula is C28H31BrN6O5. The first-order valence-electron chi connectivity index (χ1n) is 13.4.